The van der Waals surface area contributed by atoms with Crippen molar-refractivity contribution in [2.45, 2.75) is 43.5 Å². The molecule has 0 radical (unpaired) electrons. The number of benzene rings is 1. The maximum absolute atomic E-state index is 10.7. The monoisotopic (exact) mass is 422 g/mol. The van der Waals surface area contributed by atoms with Crippen LogP contribution in [0.2, 0.25) is 0 Å². The number of nitro groups is 1. The molecular weight excluding hydrogens is 396 g/mol. The summed E-state index contributed by atoms with van der Waals surface area (Å²) in [4.78, 5) is 18.7. The lowest BCUT2D eigenvalue weighted by molar-refractivity contribution is -0.384. The summed E-state index contributed by atoms with van der Waals surface area (Å²) in [5, 5.41) is 36.1. The number of non-ortho nitro benzene ring substituents is 1. The van der Waals surface area contributed by atoms with Gasteiger partial charge in [-0.2, -0.15) is 4.99 Å². The molecule has 2 aliphatic heterocycles. The van der Waals surface area contributed by atoms with Crippen molar-refractivity contribution in [1.29, 1.82) is 0 Å². The highest BCUT2D eigenvalue weighted by Gasteiger charge is 2.38. The number of guanidine groups is 1. The van der Waals surface area contributed by atoms with E-state index in [-0.39, 0.29) is 18.3 Å². The molecule has 1 aromatic carbocycles. The average molecular weight is 422 g/mol. The fourth-order valence-electron chi connectivity index (χ4n) is 3.35. The van der Waals surface area contributed by atoms with E-state index < -0.39 is 35.6 Å². The topological polar surface area (TPSA) is 177 Å². The first-order valence-electron chi connectivity index (χ1n) is 9.57. The second-order valence-corrected chi connectivity index (χ2v) is 6.99. The van der Waals surface area contributed by atoms with Gasteiger partial charge in [0, 0.05) is 25.0 Å². The first-order chi connectivity index (χ1) is 14.4. The van der Waals surface area contributed by atoms with Crippen molar-refractivity contribution in [2.75, 3.05) is 20.3 Å². The molecule has 0 saturated carbocycles. The zero-order valence-corrected chi connectivity index (χ0v) is 16.5. The number of nitro benzene ring substituents is 1. The van der Waals surface area contributed by atoms with Gasteiger partial charge in [0.1, 0.15) is 24.5 Å². The van der Waals surface area contributed by atoms with Gasteiger partial charge < -0.3 is 30.7 Å². The Kier molecular flexibility index (Phi) is 7.29. The molecular formula is C18H26N6O6. The van der Waals surface area contributed by atoms with Crippen LogP contribution in [0.1, 0.15) is 12.0 Å². The Morgan fingerprint density at radius 2 is 2.13 bits per heavy atom. The van der Waals surface area contributed by atoms with Crippen molar-refractivity contribution >= 4 is 17.5 Å². The predicted molar refractivity (Wildman–Crippen MR) is 108 cm³/mol. The van der Waals surface area contributed by atoms with Gasteiger partial charge in [-0.15, -0.1) is 0 Å². The van der Waals surface area contributed by atoms with Crippen LogP contribution in [0.4, 0.5) is 5.69 Å². The van der Waals surface area contributed by atoms with Crippen LogP contribution in [-0.2, 0) is 15.9 Å². The number of ether oxygens (including phenoxy) is 2. The van der Waals surface area contributed by atoms with Crippen molar-refractivity contribution in [3.8, 4) is 0 Å². The smallest absolute Gasteiger partial charge is 0.269 e. The number of rotatable bonds is 8. The second-order valence-electron chi connectivity index (χ2n) is 6.99. The van der Waals surface area contributed by atoms with Gasteiger partial charge in [0.2, 0.25) is 11.9 Å². The number of likely N-dealkylation sites (N-methyl/N-ethyl adjacent to an activating group) is 1. The minimum atomic E-state index is -0.767. The maximum atomic E-state index is 10.7. The van der Waals surface area contributed by atoms with E-state index in [4.69, 9.17) is 15.2 Å². The Morgan fingerprint density at radius 3 is 2.73 bits per heavy atom. The lowest BCUT2D eigenvalue weighted by Gasteiger charge is -2.30. The highest BCUT2D eigenvalue weighted by Crippen LogP contribution is 2.20. The summed E-state index contributed by atoms with van der Waals surface area (Å²) in [5.41, 5.74) is 6.76. The van der Waals surface area contributed by atoms with E-state index in [0.29, 0.717) is 25.3 Å². The van der Waals surface area contributed by atoms with Crippen LogP contribution in [0.15, 0.2) is 34.3 Å². The van der Waals surface area contributed by atoms with Crippen molar-refractivity contribution in [3.05, 3.63) is 39.9 Å². The maximum Gasteiger partial charge on any atom is 0.269 e. The predicted octanol–water partition coefficient (Wildman–Crippen LogP) is -1.15. The van der Waals surface area contributed by atoms with Gasteiger partial charge in [-0.25, -0.2) is 4.99 Å². The quantitative estimate of drug-likeness (QED) is 0.256. The number of nitrogens with two attached hydrogens (primary N) is 1. The van der Waals surface area contributed by atoms with E-state index >= 15 is 0 Å². The Bertz CT molecular complexity index is 801. The van der Waals surface area contributed by atoms with Crippen molar-refractivity contribution in [2.24, 2.45) is 15.7 Å². The molecule has 0 bridgehead atoms. The van der Waals surface area contributed by atoms with Gasteiger partial charge >= 0.3 is 0 Å². The number of nitrogens with one attached hydrogen (secondary N) is 2. The molecule has 6 N–H and O–H groups in total. The molecule has 1 fully saturated rings. The molecule has 12 nitrogen and oxygen atoms in total. The van der Waals surface area contributed by atoms with Crippen LogP contribution in [-0.4, -0.2) is 77.9 Å². The largest absolute Gasteiger partial charge is 0.479 e. The zero-order chi connectivity index (χ0) is 21.7. The number of nitrogens with zero attached hydrogens (tertiary/aromatic N) is 3. The molecule has 1 saturated heterocycles. The van der Waals surface area contributed by atoms with Gasteiger partial charge in [0.15, 0.2) is 0 Å². The fourth-order valence-corrected chi connectivity index (χ4v) is 3.35. The summed E-state index contributed by atoms with van der Waals surface area (Å²) in [6.07, 6.45) is -1.63. The number of hydrogen-bond donors (Lipinski definition) is 5. The number of hydrogen-bond acceptors (Lipinski definition) is 11. The van der Waals surface area contributed by atoms with E-state index in [0.717, 1.165) is 5.56 Å². The normalized spacial score (nSPS) is 28.7. The van der Waals surface area contributed by atoms with Crippen LogP contribution >= 0.6 is 0 Å². The Labute approximate surface area is 172 Å². The number of aliphatic hydroxyl groups excluding tert-OH is 2. The molecule has 1 aromatic rings. The molecule has 12 heteroatoms. The van der Waals surface area contributed by atoms with Crippen LogP contribution < -0.4 is 16.4 Å². The van der Waals surface area contributed by atoms with Gasteiger partial charge in [-0.3, -0.25) is 15.4 Å². The van der Waals surface area contributed by atoms with Crippen LogP contribution in [0.3, 0.4) is 0 Å². The van der Waals surface area contributed by atoms with Crippen molar-refractivity contribution < 1.29 is 24.6 Å². The van der Waals surface area contributed by atoms with Gasteiger partial charge in [-0.1, -0.05) is 12.1 Å². The molecule has 2 aliphatic rings. The van der Waals surface area contributed by atoms with E-state index in [9.17, 15) is 20.3 Å². The SMILES string of the molecule is CNC1C(OCCc2ccc([N+](=O)[O-])cc2)=NC(N)=NC1NC1CC(O)C(CO)O1. The molecule has 30 heavy (non-hydrogen) atoms. The van der Waals surface area contributed by atoms with Crippen LogP contribution in [0.25, 0.3) is 0 Å². The van der Waals surface area contributed by atoms with Crippen molar-refractivity contribution in [1.82, 2.24) is 10.6 Å². The minimum Gasteiger partial charge on any atom is -0.479 e. The molecule has 0 amide bonds. The number of aliphatic imine (C=N–C) groups is 2. The standard InChI is InChI=1S/C18H26N6O6/c1-20-15-16(21-14-8-12(26)13(9-25)30-14)22-18(19)23-17(15)29-7-6-10-2-4-11(5-3-10)24(27)28/h2-5,12-16,20-21,25-26H,6-9H2,1H3,(H2,19,22). The minimum absolute atomic E-state index is 0.0344. The summed E-state index contributed by atoms with van der Waals surface area (Å²) < 4.78 is 11.4. The summed E-state index contributed by atoms with van der Waals surface area (Å²) in [5.74, 6) is 0.392. The molecule has 0 aliphatic carbocycles. The van der Waals surface area contributed by atoms with E-state index in [1.54, 1.807) is 19.2 Å². The first-order valence-corrected chi connectivity index (χ1v) is 9.57. The zero-order valence-electron chi connectivity index (χ0n) is 16.5. The Balaban J connectivity index is 1.57. The third-order valence-corrected chi connectivity index (χ3v) is 4.94. The Hall–Kier alpha value is -2.64. The summed E-state index contributed by atoms with van der Waals surface area (Å²) in [6, 6.07) is 5.83. The molecule has 0 spiro atoms. The van der Waals surface area contributed by atoms with Crippen LogP contribution in [0, 0.1) is 10.1 Å². The fraction of sp³-hybridized carbons (Fsp3) is 0.556. The van der Waals surface area contributed by atoms with Gasteiger partial charge in [0.05, 0.1) is 24.2 Å². The van der Waals surface area contributed by atoms with E-state index in [1.165, 1.54) is 12.1 Å². The van der Waals surface area contributed by atoms with Gasteiger partial charge in [-0.05, 0) is 12.6 Å². The summed E-state index contributed by atoms with van der Waals surface area (Å²) >= 11 is 0. The third kappa shape index (κ3) is 5.29. The first kappa shape index (κ1) is 22.1. The summed E-state index contributed by atoms with van der Waals surface area (Å²) in [6.45, 7) is 0.0173. The second kappa shape index (κ2) is 9.91. The summed E-state index contributed by atoms with van der Waals surface area (Å²) in [7, 11) is 1.73. The van der Waals surface area contributed by atoms with E-state index in [2.05, 4.69) is 20.6 Å². The Morgan fingerprint density at radius 1 is 1.40 bits per heavy atom. The highest BCUT2D eigenvalue weighted by atomic mass is 16.6. The lowest BCUT2D eigenvalue weighted by atomic mass is 10.1. The average Bonchev–Trinajstić information content (AvgIpc) is 3.07. The third-order valence-electron chi connectivity index (χ3n) is 4.94. The highest BCUT2D eigenvalue weighted by molar-refractivity contribution is 5.97. The van der Waals surface area contributed by atoms with E-state index in [1.807, 2.05) is 0 Å². The molecule has 5 unspecified atom stereocenters. The molecule has 2 heterocycles. The molecule has 3 rings (SSSR count). The van der Waals surface area contributed by atoms with Gasteiger partial charge in [0.25, 0.3) is 5.69 Å². The molecule has 164 valence electrons. The number of aliphatic hydroxyl groups is 2. The van der Waals surface area contributed by atoms with Crippen LogP contribution in [0.5, 0.6) is 0 Å². The molecule has 0 aromatic heterocycles. The molecule has 5 atom stereocenters. The lowest BCUT2D eigenvalue weighted by Crippen LogP contribution is -2.56. The van der Waals surface area contributed by atoms with Crippen molar-refractivity contribution in [3.63, 3.8) is 0 Å².